The molecule has 3 rings (SSSR count). The van der Waals surface area contributed by atoms with E-state index in [1.54, 1.807) is 17.1 Å². The second kappa shape index (κ2) is 6.03. The van der Waals surface area contributed by atoms with Gasteiger partial charge >= 0.3 is 0 Å². The summed E-state index contributed by atoms with van der Waals surface area (Å²) >= 11 is 0. The van der Waals surface area contributed by atoms with Crippen molar-refractivity contribution in [1.29, 1.82) is 0 Å². The van der Waals surface area contributed by atoms with E-state index in [9.17, 15) is 4.79 Å². The quantitative estimate of drug-likeness (QED) is 0.815. The fourth-order valence-corrected chi connectivity index (χ4v) is 2.24. The highest BCUT2D eigenvalue weighted by atomic mass is 16.3. The van der Waals surface area contributed by atoms with Crippen LogP contribution >= 0.6 is 0 Å². The average Bonchev–Trinajstić information content (AvgIpc) is 2.91. The van der Waals surface area contributed by atoms with Gasteiger partial charge in [0, 0.05) is 24.7 Å². The number of hydrogen-bond acceptors (Lipinski definition) is 4. The Kier molecular flexibility index (Phi) is 3.94. The van der Waals surface area contributed by atoms with Crippen molar-refractivity contribution in [3.63, 3.8) is 0 Å². The zero-order chi connectivity index (χ0) is 14.7. The molecule has 0 aromatic carbocycles. The van der Waals surface area contributed by atoms with Gasteiger partial charge in [-0.25, -0.2) is 0 Å². The van der Waals surface area contributed by atoms with Crippen molar-refractivity contribution < 1.29 is 9.21 Å². The number of carbonyl (C=O) groups is 1. The predicted octanol–water partition coefficient (Wildman–Crippen LogP) is 1.80. The standard InChI is InChI=1S/C15H20N4O2/c1-11(7-14-3-2-6-21-14)17-13-8-16-19(9-13)10-15(20)18-12-4-5-12/h2-3,6,8-9,11-12,17H,4-5,7,10H2,1H3,(H,18,20). The number of hydrogen-bond donors (Lipinski definition) is 2. The van der Waals surface area contributed by atoms with Gasteiger partial charge in [0.1, 0.15) is 12.3 Å². The van der Waals surface area contributed by atoms with Gasteiger partial charge in [0.2, 0.25) is 5.91 Å². The molecule has 0 saturated heterocycles. The molecule has 2 heterocycles. The molecule has 2 N–H and O–H groups in total. The highest BCUT2D eigenvalue weighted by Crippen LogP contribution is 2.18. The molecule has 0 spiro atoms. The summed E-state index contributed by atoms with van der Waals surface area (Å²) in [6, 6.07) is 4.47. The Hall–Kier alpha value is -2.24. The molecule has 0 aliphatic heterocycles. The largest absolute Gasteiger partial charge is 0.469 e. The predicted molar refractivity (Wildman–Crippen MR) is 78.9 cm³/mol. The molecular weight excluding hydrogens is 268 g/mol. The van der Waals surface area contributed by atoms with Gasteiger partial charge in [-0.05, 0) is 31.9 Å². The van der Waals surface area contributed by atoms with Crippen molar-refractivity contribution in [3.8, 4) is 0 Å². The molecule has 112 valence electrons. The number of rotatable bonds is 7. The molecule has 1 unspecified atom stereocenters. The number of furan rings is 1. The van der Waals surface area contributed by atoms with Gasteiger partial charge in [-0.3, -0.25) is 9.48 Å². The summed E-state index contributed by atoms with van der Waals surface area (Å²) in [5.41, 5.74) is 0.910. The van der Waals surface area contributed by atoms with E-state index < -0.39 is 0 Å². The highest BCUT2D eigenvalue weighted by molar-refractivity contribution is 5.76. The minimum atomic E-state index is 0.0239. The summed E-state index contributed by atoms with van der Waals surface area (Å²) in [6.07, 6.45) is 8.27. The monoisotopic (exact) mass is 288 g/mol. The van der Waals surface area contributed by atoms with Crippen molar-refractivity contribution in [2.24, 2.45) is 0 Å². The zero-order valence-corrected chi connectivity index (χ0v) is 12.1. The number of aromatic nitrogens is 2. The lowest BCUT2D eigenvalue weighted by molar-refractivity contribution is -0.122. The molecule has 1 aliphatic rings. The SMILES string of the molecule is CC(Cc1ccco1)Nc1cnn(CC(=O)NC2CC2)c1. The van der Waals surface area contributed by atoms with E-state index in [0.29, 0.717) is 6.04 Å². The van der Waals surface area contributed by atoms with Crippen LogP contribution in [-0.4, -0.2) is 27.8 Å². The van der Waals surface area contributed by atoms with Crippen LogP contribution in [0.1, 0.15) is 25.5 Å². The van der Waals surface area contributed by atoms with Gasteiger partial charge in [-0.15, -0.1) is 0 Å². The molecule has 1 atom stereocenters. The van der Waals surface area contributed by atoms with Crippen LogP contribution in [0.5, 0.6) is 0 Å². The van der Waals surface area contributed by atoms with Crippen LogP contribution in [0.4, 0.5) is 5.69 Å². The van der Waals surface area contributed by atoms with Crippen molar-refractivity contribution in [1.82, 2.24) is 15.1 Å². The molecule has 21 heavy (non-hydrogen) atoms. The van der Waals surface area contributed by atoms with Crippen LogP contribution in [-0.2, 0) is 17.8 Å². The van der Waals surface area contributed by atoms with Crippen LogP contribution in [0, 0.1) is 0 Å². The van der Waals surface area contributed by atoms with E-state index in [-0.39, 0.29) is 18.5 Å². The molecule has 1 amide bonds. The van der Waals surface area contributed by atoms with Crippen LogP contribution < -0.4 is 10.6 Å². The van der Waals surface area contributed by atoms with Crippen LogP contribution in [0.3, 0.4) is 0 Å². The second-order valence-electron chi connectivity index (χ2n) is 5.60. The Labute approximate surface area is 123 Å². The lowest BCUT2D eigenvalue weighted by Crippen LogP contribution is -2.29. The van der Waals surface area contributed by atoms with Crippen LogP contribution in [0.2, 0.25) is 0 Å². The fourth-order valence-electron chi connectivity index (χ4n) is 2.24. The van der Waals surface area contributed by atoms with Crippen molar-refractivity contribution >= 4 is 11.6 Å². The summed E-state index contributed by atoms with van der Waals surface area (Å²) in [6.45, 7) is 2.35. The summed E-state index contributed by atoms with van der Waals surface area (Å²) in [4.78, 5) is 11.7. The first-order valence-electron chi connectivity index (χ1n) is 7.30. The van der Waals surface area contributed by atoms with Crippen molar-refractivity contribution in [3.05, 3.63) is 36.5 Å². The Balaban J connectivity index is 1.48. The lowest BCUT2D eigenvalue weighted by atomic mass is 10.2. The molecule has 0 bridgehead atoms. The lowest BCUT2D eigenvalue weighted by Gasteiger charge is -2.11. The third-order valence-electron chi connectivity index (χ3n) is 3.38. The fraction of sp³-hybridized carbons (Fsp3) is 0.467. The van der Waals surface area contributed by atoms with E-state index >= 15 is 0 Å². The van der Waals surface area contributed by atoms with Gasteiger partial charge < -0.3 is 15.1 Å². The van der Waals surface area contributed by atoms with E-state index in [4.69, 9.17) is 4.42 Å². The Morgan fingerprint density at radius 1 is 1.57 bits per heavy atom. The van der Waals surface area contributed by atoms with E-state index in [1.165, 1.54) is 0 Å². The molecule has 1 aliphatic carbocycles. The zero-order valence-electron chi connectivity index (χ0n) is 12.1. The first-order valence-corrected chi connectivity index (χ1v) is 7.30. The first kappa shape index (κ1) is 13.7. The average molecular weight is 288 g/mol. The Morgan fingerprint density at radius 2 is 2.43 bits per heavy atom. The molecule has 2 aromatic rings. The smallest absolute Gasteiger partial charge is 0.241 e. The van der Waals surface area contributed by atoms with Crippen LogP contribution in [0.15, 0.2) is 35.2 Å². The number of anilines is 1. The van der Waals surface area contributed by atoms with Gasteiger partial charge in [-0.2, -0.15) is 5.10 Å². The molecule has 1 fully saturated rings. The topological polar surface area (TPSA) is 72.1 Å². The highest BCUT2D eigenvalue weighted by Gasteiger charge is 2.23. The summed E-state index contributed by atoms with van der Waals surface area (Å²) < 4.78 is 6.98. The van der Waals surface area contributed by atoms with Gasteiger partial charge in [0.25, 0.3) is 0 Å². The van der Waals surface area contributed by atoms with E-state index in [1.807, 2.05) is 18.3 Å². The van der Waals surface area contributed by atoms with Crippen molar-refractivity contribution in [2.45, 2.75) is 44.8 Å². The number of nitrogens with zero attached hydrogens (tertiary/aromatic N) is 2. The number of amides is 1. The summed E-state index contributed by atoms with van der Waals surface area (Å²) in [5.74, 6) is 0.974. The maximum Gasteiger partial charge on any atom is 0.241 e. The van der Waals surface area contributed by atoms with E-state index in [2.05, 4.69) is 22.7 Å². The van der Waals surface area contributed by atoms with Gasteiger partial charge in [-0.1, -0.05) is 0 Å². The number of carbonyl (C=O) groups excluding carboxylic acids is 1. The maximum absolute atomic E-state index is 11.7. The minimum absolute atomic E-state index is 0.0239. The van der Waals surface area contributed by atoms with Gasteiger partial charge in [0.15, 0.2) is 0 Å². The van der Waals surface area contributed by atoms with Crippen molar-refractivity contribution in [2.75, 3.05) is 5.32 Å². The first-order chi connectivity index (χ1) is 10.2. The maximum atomic E-state index is 11.7. The second-order valence-corrected chi connectivity index (χ2v) is 5.60. The molecular formula is C15H20N4O2. The molecule has 6 nitrogen and oxygen atoms in total. The third kappa shape index (κ3) is 4.11. The van der Waals surface area contributed by atoms with E-state index in [0.717, 1.165) is 30.7 Å². The Morgan fingerprint density at radius 3 is 3.14 bits per heavy atom. The molecule has 6 heteroatoms. The third-order valence-corrected chi connectivity index (χ3v) is 3.38. The molecule has 1 saturated carbocycles. The number of nitrogens with one attached hydrogen (secondary N) is 2. The normalized spacial score (nSPS) is 15.7. The minimum Gasteiger partial charge on any atom is -0.469 e. The van der Waals surface area contributed by atoms with Crippen LogP contribution in [0.25, 0.3) is 0 Å². The summed E-state index contributed by atoms with van der Waals surface area (Å²) in [7, 11) is 0. The Bertz CT molecular complexity index is 587. The molecule has 2 aromatic heterocycles. The molecule has 0 radical (unpaired) electrons. The summed E-state index contributed by atoms with van der Waals surface area (Å²) in [5, 5.41) is 10.5. The van der Waals surface area contributed by atoms with Gasteiger partial charge in [0.05, 0.1) is 18.1 Å².